The molecule has 6 aliphatic rings. The molecule has 2 aliphatic heterocycles. The van der Waals surface area contributed by atoms with Crippen molar-refractivity contribution in [3.05, 3.63) is 33.8 Å². The van der Waals surface area contributed by atoms with Crippen LogP contribution in [0.1, 0.15) is 62.8 Å². The van der Waals surface area contributed by atoms with Crippen molar-refractivity contribution in [2.75, 3.05) is 6.54 Å². The minimum Gasteiger partial charge on any atom is -0.333 e. The average Bonchev–Trinajstić information content (AvgIpc) is 3.11. The molecule has 5 fully saturated rings. The summed E-state index contributed by atoms with van der Waals surface area (Å²) in [6.45, 7) is 0.523. The van der Waals surface area contributed by atoms with Gasteiger partial charge in [-0.1, -0.05) is 34.4 Å². The fraction of sp³-hybridized carbons (Fsp3) is 0.667. The number of alkyl halides is 3. The summed E-state index contributed by atoms with van der Waals surface area (Å²) < 4.78 is 39.1. The zero-order valence-electron chi connectivity index (χ0n) is 18.5. The van der Waals surface area contributed by atoms with Crippen molar-refractivity contribution in [2.24, 2.45) is 28.3 Å². The molecule has 10 heteroatoms. The van der Waals surface area contributed by atoms with Crippen LogP contribution >= 0.6 is 23.2 Å². The number of hydroxylamine groups is 1. The van der Waals surface area contributed by atoms with Gasteiger partial charge in [-0.25, -0.2) is 4.79 Å². The molecule has 5 nitrogen and oxygen atoms in total. The summed E-state index contributed by atoms with van der Waals surface area (Å²) in [5.74, 6) is 0.474. The molecular weight excluding hydrogens is 490 g/mol. The predicted octanol–water partition coefficient (Wildman–Crippen LogP) is 6.36. The Labute approximate surface area is 206 Å². The number of fused-ring (bicyclic) bond motifs is 1. The van der Waals surface area contributed by atoms with Crippen LogP contribution in [-0.4, -0.2) is 40.8 Å². The van der Waals surface area contributed by atoms with Crippen LogP contribution in [0.3, 0.4) is 0 Å². The largest absolute Gasteiger partial charge is 0.493 e. The number of carbonyl (C=O) groups is 1. The highest BCUT2D eigenvalue weighted by Crippen LogP contribution is 2.62. The maximum absolute atomic E-state index is 13.0. The fourth-order valence-corrected chi connectivity index (χ4v) is 8.49. The van der Waals surface area contributed by atoms with E-state index in [4.69, 9.17) is 28.0 Å². The molecule has 2 heterocycles. The van der Waals surface area contributed by atoms with Gasteiger partial charge in [-0.2, -0.15) is 13.2 Å². The van der Waals surface area contributed by atoms with E-state index in [9.17, 15) is 18.0 Å². The molecule has 1 aromatic rings. The first-order valence-corrected chi connectivity index (χ1v) is 12.8. The molecule has 34 heavy (non-hydrogen) atoms. The summed E-state index contributed by atoms with van der Waals surface area (Å²) in [4.78, 5) is 18.6. The summed E-state index contributed by atoms with van der Waals surface area (Å²) in [6, 6.07) is 5.42. The highest BCUT2D eigenvalue weighted by Gasteiger charge is 2.58. The number of hydrazone groups is 1. The van der Waals surface area contributed by atoms with Crippen LogP contribution in [0.15, 0.2) is 23.3 Å². The number of hydrogen-bond donors (Lipinski definition) is 0. The molecule has 0 aromatic heterocycles. The van der Waals surface area contributed by atoms with Crippen LogP contribution in [0.4, 0.5) is 13.2 Å². The summed E-state index contributed by atoms with van der Waals surface area (Å²) >= 11 is 13.0. The van der Waals surface area contributed by atoms with Crippen molar-refractivity contribution < 1.29 is 22.8 Å². The molecule has 184 valence electrons. The molecular formula is C24H26Cl2F3N3O2. The van der Waals surface area contributed by atoms with Crippen molar-refractivity contribution >= 4 is 35.0 Å². The highest BCUT2D eigenvalue weighted by atomic mass is 35.5. The van der Waals surface area contributed by atoms with E-state index >= 15 is 0 Å². The van der Waals surface area contributed by atoms with E-state index in [1.807, 2.05) is 12.1 Å². The third-order valence-electron chi connectivity index (χ3n) is 8.60. The minimum absolute atomic E-state index is 0.00910. The zero-order valence-corrected chi connectivity index (χ0v) is 20.0. The SMILES string of the molecule is O=C(ON1N=C(C23CC4CC(CC(C4)C2)C3)N2CC(c3c(Cl)cccc3Cl)CCC12)C(F)(F)F. The number of hydrogen-bond acceptors (Lipinski definition) is 5. The van der Waals surface area contributed by atoms with Gasteiger partial charge < -0.3 is 9.74 Å². The second-order valence-corrected chi connectivity index (χ2v) is 11.7. The lowest BCUT2D eigenvalue weighted by molar-refractivity contribution is -0.251. The van der Waals surface area contributed by atoms with Crippen LogP contribution in [0, 0.1) is 23.2 Å². The topological polar surface area (TPSA) is 45.1 Å². The Morgan fingerprint density at radius 3 is 2.18 bits per heavy atom. The van der Waals surface area contributed by atoms with Gasteiger partial charge in [-0.15, -0.1) is 5.10 Å². The van der Waals surface area contributed by atoms with Gasteiger partial charge in [0.05, 0.1) is 0 Å². The van der Waals surface area contributed by atoms with E-state index in [0.29, 0.717) is 47.2 Å². The van der Waals surface area contributed by atoms with Crippen LogP contribution in [0.5, 0.6) is 0 Å². The second kappa shape index (κ2) is 7.92. The van der Waals surface area contributed by atoms with Crippen molar-refractivity contribution in [3.8, 4) is 0 Å². The molecule has 1 saturated heterocycles. The van der Waals surface area contributed by atoms with E-state index in [0.717, 1.165) is 35.8 Å². The van der Waals surface area contributed by atoms with Gasteiger partial charge >= 0.3 is 12.1 Å². The van der Waals surface area contributed by atoms with Gasteiger partial charge in [0.1, 0.15) is 5.84 Å². The van der Waals surface area contributed by atoms with E-state index in [1.165, 1.54) is 19.3 Å². The molecule has 0 radical (unpaired) electrons. The Hall–Kier alpha value is -1.67. The van der Waals surface area contributed by atoms with Gasteiger partial charge in [0, 0.05) is 27.9 Å². The molecule has 2 unspecified atom stereocenters. The maximum atomic E-state index is 13.0. The quantitative estimate of drug-likeness (QED) is 0.469. The van der Waals surface area contributed by atoms with E-state index in [2.05, 4.69) is 10.0 Å². The lowest BCUT2D eigenvalue weighted by atomic mass is 9.49. The van der Waals surface area contributed by atoms with E-state index < -0.39 is 18.3 Å². The van der Waals surface area contributed by atoms with Crippen LogP contribution in [0.25, 0.3) is 0 Å². The minimum atomic E-state index is -5.08. The predicted molar refractivity (Wildman–Crippen MR) is 121 cm³/mol. The van der Waals surface area contributed by atoms with Gasteiger partial charge in [-0.05, 0) is 86.8 Å². The Morgan fingerprint density at radius 2 is 1.62 bits per heavy atom. The standard InChI is InChI=1S/C24H26Cl2F3N3O2/c25-17-2-1-3-18(26)20(17)16-4-5-19-31(12-16)21(30-32(19)34-22(33)24(27,28)29)23-9-13-6-14(10-23)8-15(7-13)11-23/h1-3,13-16,19H,4-12H2. The van der Waals surface area contributed by atoms with Crippen LogP contribution in [0.2, 0.25) is 10.0 Å². The van der Waals surface area contributed by atoms with Crippen LogP contribution < -0.4 is 0 Å². The smallest absolute Gasteiger partial charge is 0.333 e. The summed E-state index contributed by atoms with van der Waals surface area (Å²) in [6.07, 6.45) is 2.21. The van der Waals surface area contributed by atoms with Crippen molar-refractivity contribution in [1.29, 1.82) is 0 Å². The summed E-state index contributed by atoms with van der Waals surface area (Å²) in [5, 5.41) is 6.71. The lowest BCUT2D eigenvalue weighted by Crippen LogP contribution is -2.57. The maximum Gasteiger partial charge on any atom is 0.493 e. The molecule has 7 rings (SSSR count). The molecule has 4 bridgehead atoms. The summed E-state index contributed by atoms with van der Waals surface area (Å²) in [7, 11) is 0. The first-order chi connectivity index (χ1) is 16.1. The first-order valence-electron chi connectivity index (χ1n) is 12.0. The normalized spacial score (nSPS) is 36.5. The zero-order chi connectivity index (χ0) is 23.8. The molecule has 4 aliphatic carbocycles. The van der Waals surface area contributed by atoms with E-state index in [1.54, 1.807) is 6.07 Å². The second-order valence-electron chi connectivity index (χ2n) is 10.8. The van der Waals surface area contributed by atoms with Crippen molar-refractivity contribution in [2.45, 2.75) is 69.6 Å². The van der Waals surface area contributed by atoms with E-state index in [-0.39, 0.29) is 11.3 Å². The number of piperidine rings is 1. The molecule has 4 saturated carbocycles. The van der Waals surface area contributed by atoms with Crippen LogP contribution in [-0.2, 0) is 9.63 Å². The van der Waals surface area contributed by atoms with Crippen molar-refractivity contribution in [1.82, 2.24) is 10.1 Å². The molecule has 2 atom stereocenters. The first kappa shape index (κ1) is 22.8. The Kier molecular flexibility index (Phi) is 5.30. The molecule has 0 spiro atoms. The van der Waals surface area contributed by atoms with Gasteiger partial charge in [0.2, 0.25) is 0 Å². The summed E-state index contributed by atoms with van der Waals surface area (Å²) in [5.41, 5.74) is 0.693. The monoisotopic (exact) mass is 515 g/mol. The fourth-order valence-electron chi connectivity index (χ4n) is 7.78. The average molecular weight is 516 g/mol. The third-order valence-corrected chi connectivity index (χ3v) is 9.26. The number of amidine groups is 1. The third kappa shape index (κ3) is 3.67. The van der Waals surface area contributed by atoms with Gasteiger partial charge in [0.25, 0.3) is 0 Å². The molecule has 0 amide bonds. The lowest BCUT2D eigenvalue weighted by Gasteiger charge is -2.57. The molecule has 1 aromatic carbocycles. The number of halogens is 5. The Morgan fingerprint density at radius 1 is 1.03 bits per heavy atom. The number of rotatable bonds is 3. The number of benzene rings is 1. The molecule has 0 N–H and O–H groups in total. The Balaban J connectivity index is 1.35. The highest BCUT2D eigenvalue weighted by molar-refractivity contribution is 6.36. The number of carbonyl (C=O) groups excluding carboxylic acids is 1. The Bertz CT molecular complexity index is 991. The van der Waals surface area contributed by atoms with Gasteiger partial charge in [0.15, 0.2) is 6.17 Å². The van der Waals surface area contributed by atoms with Gasteiger partial charge in [-0.3, -0.25) is 0 Å². The van der Waals surface area contributed by atoms with Crippen molar-refractivity contribution in [3.63, 3.8) is 0 Å². The number of nitrogens with zero attached hydrogens (tertiary/aromatic N) is 3.